The van der Waals surface area contributed by atoms with Crippen LogP contribution in [0.25, 0.3) is 0 Å². The molecule has 1 N–H and O–H groups in total. The maximum absolute atomic E-state index is 12.8. The second kappa shape index (κ2) is 5.00. The van der Waals surface area contributed by atoms with Gasteiger partial charge in [-0.3, -0.25) is 4.79 Å². The molecule has 2 heterocycles. The van der Waals surface area contributed by atoms with Crippen LogP contribution in [0.15, 0.2) is 24.3 Å². The molecule has 4 aliphatic carbocycles. The van der Waals surface area contributed by atoms with E-state index >= 15 is 0 Å². The number of likely N-dealkylation sites (tertiary alicyclic amines) is 1. The Bertz CT molecular complexity index is 941. The van der Waals surface area contributed by atoms with Crippen molar-refractivity contribution in [3.63, 3.8) is 0 Å². The summed E-state index contributed by atoms with van der Waals surface area (Å²) in [6.45, 7) is 2.83. The molecule has 0 radical (unpaired) electrons. The topological polar surface area (TPSA) is 49.2 Å². The van der Waals surface area contributed by atoms with Crippen LogP contribution in [0.2, 0.25) is 0 Å². The number of Topliss-reactive ketones (excluding diaryl/α,β-unsaturated/α-hetero) is 1. The number of benzene rings is 1. The van der Waals surface area contributed by atoms with Gasteiger partial charge < -0.3 is 19.1 Å². The third-order valence-corrected chi connectivity index (χ3v) is 8.92. The van der Waals surface area contributed by atoms with Crippen LogP contribution in [0, 0.1) is 11.3 Å². The molecule has 2 spiro atoms. The molecule has 6 aliphatic rings. The first-order valence-corrected chi connectivity index (χ1v) is 10.4. The molecule has 4 bridgehead atoms. The van der Waals surface area contributed by atoms with E-state index in [1.54, 1.807) is 26.0 Å². The average molecular weight is 382 g/mol. The molecule has 5 nitrogen and oxygen atoms in total. The van der Waals surface area contributed by atoms with Gasteiger partial charge in [-0.15, -0.1) is 0 Å². The van der Waals surface area contributed by atoms with Crippen LogP contribution in [0.4, 0.5) is 0 Å². The van der Waals surface area contributed by atoms with Gasteiger partial charge in [0.05, 0.1) is 37.5 Å². The summed E-state index contributed by atoms with van der Waals surface area (Å²) in [7, 11) is 5.76. The Morgan fingerprint density at radius 2 is 2.11 bits per heavy atom. The Balaban J connectivity index is 1.72. The zero-order valence-electron chi connectivity index (χ0n) is 17.0. The fourth-order valence-corrected chi connectivity index (χ4v) is 7.83. The highest BCUT2D eigenvalue weighted by Crippen LogP contribution is 2.73. The van der Waals surface area contributed by atoms with Gasteiger partial charge in [0.1, 0.15) is 23.5 Å². The van der Waals surface area contributed by atoms with Crippen LogP contribution in [0.1, 0.15) is 30.9 Å². The quantitative estimate of drug-likeness (QED) is 0.795. The van der Waals surface area contributed by atoms with Crippen molar-refractivity contribution in [2.45, 2.75) is 49.3 Å². The van der Waals surface area contributed by atoms with E-state index in [4.69, 9.17) is 14.2 Å². The molecular weight excluding hydrogens is 354 g/mol. The predicted octanol–water partition coefficient (Wildman–Crippen LogP) is 1.09. The second-order valence-corrected chi connectivity index (χ2v) is 9.50. The normalized spacial score (nSPS) is 46.1. The summed E-state index contributed by atoms with van der Waals surface area (Å²) in [5.41, 5.74) is 1.82. The summed E-state index contributed by atoms with van der Waals surface area (Å²) in [6, 6.07) is 4.73. The molecule has 2 aliphatic heterocycles. The van der Waals surface area contributed by atoms with Crippen molar-refractivity contribution in [1.29, 1.82) is 0 Å². The number of ether oxygens (including phenoxy) is 3. The molecule has 1 saturated heterocycles. The first kappa shape index (κ1) is 17.0. The van der Waals surface area contributed by atoms with Gasteiger partial charge in [-0.2, -0.15) is 0 Å². The van der Waals surface area contributed by atoms with E-state index in [1.807, 2.05) is 6.07 Å². The minimum Gasteiger partial charge on any atom is -0.493 e. The first-order chi connectivity index (χ1) is 13.4. The van der Waals surface area contributed by atoms with E-state index in [0.29, 0.717) is 6.04 Å². The zero-order chi connectivity index (χ0) is 19.5. The molecule has 1 unspecified atom stereocenters. The van der Waals surface area contributed by atoms with E-state index in [9.17, 15) is 4.79 Å². The third kappa shape index (κ3) is 1.49. The first-order valence-electron chi connectivity index (χ1n) is 10.4. The maximum Gasteiger partial charge on any atom is 0.166 e. The Morgan fingerprint density at radius 3 is 2.82 bits per heavy atom. The monoisotopic (exact) mass is 382 g/mol. The summed E-state index contributed by atoms with van der Waals surface area (Å²) in [6.07, 6.45) is 7.34. The van der Waals surface area contributed by atoms with Gasteiger partial charge in [-0.05, 0) is 25.0 Å². The molecule has 0 aromatic heterocycles. The van der Waals surface area contributed by atoms with Gasteiger partial charge in [0.25, 0.3) is 0 Å². The largest absolute Gasteiger partial charge is 0.493 e. The molecular formula is C23H28NO4+. The standard InChI is InChI=1S/C23H27NO4/c1-13(25)15-12-21-7-8-23(15,27-4)20-22(21)9-10-24(2)17(21)11-14-5-6-16(26-3)19(28-20)18(14)22/h5-8,15,17,20H,9-12H2,1-4H3/p+1/t15-,17+,20+,21+,22-,23+/m0/s1. The van der Waals surface area contributed by atoms with Crippen LogP contribution < -0.4 is 14.4 Å². The Labute approximate surface area is 165 Å². The minimum atomic E-state index is -0.706. The van der Waals surface area contributed by atoms with Gasteiger partial charge in [0.2, 0.25) is 0 Å². The minimum absolute atomic E-state index is 0.0682. The van der Waals surface area contributed by atoms with Crippen molar-refractivity contribution in [1.82, 2.24) is 0 Å². The number of carbonyl (C=O) groups is 1. The lowest BCUT2D eigenvalue weighted by Gasteiger charge is -2.69. The molecule has 2 fully saturated rings. The van der Waals surface area contributed by atoms with Gasteiger partial charge in [-0.1, -0.05) is 18.2 Å². The summed E-state index contributed by atoms with van der Waals surface area (Å²) < 4.78 is 18.7. The molecule has 5 heteroatoms. The Hall–Kier alpha value is -1.85. The number of hydrogen-bond donors (Lipinski definition) is 1. The fourth-order valence-electron chi connectivity index (χ4n) is 7.83. The van der Waals surface area contributed by atoms with E-state index in [-0.39, 0.29) is 28.6 Å². The number of ketones is 1. The van der Waals surface area contributed by atoms with Crippen molar-refractivity contribution in [2.75, 3.05) is 27.8 Å². The van der Waals surface area contributed by atoms with E-state index in [0.717, 1.165) is 37.3 Å². The second-order valence-electron chi connectivity index (χ2n) is 9.50. The number of hydrogen-bond acceptors (Lipinski definition) is 4. The summed E-state index contributed by atoms with van der Waals surface area (Å²) in [5, 5.41) is 0. The highest BCUT2D eigenvalue weighted by atomic mass is 16.6. The lowest BCUT2D eigenvalue weighted by Crippen LogP contribution is -3.18. The highest BCUT2D eigenvalue weighted by Gasteiger charge is 2.80. The molecule has 28 heavy (non-hydrogen) atoms. The van der Waals surface area contributed by atoms with Crippen molar-refractivity contribution >= 4 is 5.78 Å². The molecule has 7 atom stereocenters. The number of methoxy groups -OCH3 is 2. The number of likely N-dealkylation sites (N-methyl/N-ethyl adjacent to an activating group) is 1. The highest BCUT2D eigenvalue weighted by molar-refractivity contribution is 5.82. The van der Waals surface area contributed by atoms with Crippen molar-refractivity contribution < 1.29 is 23.9 Å². The number of quaternary nitrogens is 1. The number of piperidine rings is 1. The number of carbonyl (C=O) groups excluding carboxylic acids is 1. The number of fused-ring (bicyclic) bond motifs is 1. The van der Waals surface area contributed by atoms with Crippen LogP contribution in [-0.4, -0.2) is 51.3 Å². The SMILES string of the molecule is COc1ccc2c3c1O[C@H]1[C@@]4(OC)C=C[C@@]5(C[C@H]4C(C)=O)[C@@H](C2)[NH+](C)CC[C@]315. The van der Waals surface area contributed by atoms with Gasteiger partial charge in [-0.25, -0.2) is 0 Å². The van der Waals surface area contributed by atoms with E-state index in [2.05, 4.69) is 25.3 Å². The summed E-state index contributed by atoms with van der Waals surface area (Å²) in [5.74, 6) is 1.72. The molecule has 7 rings (SSSR count). The van der Waals surface area contributed by atoms with E-state index < -0.39 is 5.60 Å². The predicted molar refractivity (Wildman–Crippen MR) is 103 cm³/mol. The Morgan fingerprint density at radius 1 is 1.29 bits per heavy atom. The molecule has 1 saturated carbocycles. The third-order valence-electron chi connectivity index (χ3n) is 8.92. The van der Waals surface area contributed by atoms with Crippen molar-refractivity contribution in [3.05, 3.63) is 35.4 Å². The van der Waals surface area contributed by atoms with Crippen LogP contribution in [-0.2, 0) is 21.4 Å². The average Bonchev–Trinajstić information content (AvgIpc) is 3.07. The maximum atomic E-state index is 12.8. The summed E-state index contributed by atoms with van der Waals surface area (Å²) in [4.78, 5) is 14.4. The molecule has 1 aromatic carbocycles. The van der Waals surface area contributed by atoms with Crippen molar-refractivity contribution in [2.24, 2.45) is 11.3 Å². The molecule has 1 aromatic rings. The zero-order valence-corrected chi connectivity index (χ0v) is 17.0. The number of rotatable bonds is 3. The number of nitrogens with one attached hydrogen (secondary N) is 1. The lowest BCUT2D eigenvalue weighted by atomic mass is 9.37. The van der Waals surface area contributed by atoms with Crippen LogP contribution >= 0.6 is 0 Å². The lowest BCUT2D eigenvalue weighted by molar-refractivity contribution is -0.923. The van der Waals surface area contributed by atoms with Crippen molar-refractivity contribution in [3.8, 4) is 11.5 Å². The van der Waals surface area contributed by atoms with Gasteiger partial charge in [0, 0.05) is 25.5 Å². The molecule has 0 amide bonds. The molecule has 148 valence electrons. The van der Waals surface area contributed by atoms with E-state index in [1.165, 1.54) is 11.1 Å². The summed E-state index contributed by atoms with van der Waals surface area (Å²) >= 11 is 0. The smallest absolute Gasteiger partial charge is 0.166 e. The van der Waals surface area contributed by atoms with Crippen LogP contribution in [0.5, 0.6) is 11.5 Å². The van der Waals surface area contributed by atoms with Crippen LogP contribution in [0.3, 0.4) is 0 Å². The Kier molecular flexibility index (Phi) is 3.05. The van der Waals surface area contributed by atoms with Gasteiger partial charge in [0.15, 0.2) is 11.5 Å². The van der Waals surface area contributed by atoms with Gasteiger partial charge >= 0.3 is 0 Å². The fraction of sp³-hybridized carbons (Fsp3) is 0.609.